The highest BCUT2D eigenvalue weighted by Crippen LogP contribution is 2.28. The second-order valence-corrected chi connectivity index (χ2v) is 5.59. The number of nitrogens with one attached hydrogen (secondary N) is 1. The van der Waals surface area contributed by atoms with Crippen LogP contribution in [0.1, 0.15) is 41.0 Å². The van der Waals surface area contributed by atoms with E-state index < -0.39 is 0 Å². The summed E-state index contributed by atoms with van der Waals surface area (Å²) in [6.45, 7) is 16.5. The molecule has 1 fully saturated rings. The summed E-state index contributed by atoms with van der Waals surface area (Å²) >= 11 is 0. The molecule has 0 aliphatic carbocycles. The first-order chi connectivity index (χ1) is 8.06. The summed E-state index contributed by atoms with van der Waals surface area (Å²) in [7, 11) is 0. The topological polar surface area (TPSA) is 24.5 Å². The van der Waals surface area contributed by atoms with Crippen LogP contribution in [0.15, 0.2) is 0 Å². The van der Waals surface area contributed by atoms with E-state index in [1.54, 1.807) is 0 Å². The van der Waals surface area contributed by atoms with Gasteiger partial charge in [0.15, 0.2) is 0 Å². The van der Waals surface area contributed by atoms with Gasteiger partial charge >= 0.3 is 0 Å². The van der Waals surface area contributed by atoms with Crippen molar-refractivity contribution in [2.24, 2.45) is 5.92 Å². The molecule has 1 N–H and O–H groups in total. The van der Waals surface area contributed by atoms with Gasteiger partial charge in [-0.2, -0.15) is 0 Å². The highest BCUT2D eigenvalue weighted by Gasteiger charge is 2.39. The van der Waals surface area contributed by atoms with Crippen molar-refractivity contribution in [1.82, 2.24) is 10.2 Å². The molecule has 0 saturated carbocycles. The average molecular weight is 242 g/mol. The van der Waals surface area contributed by atoms with Gasteiger partial charge in [-0.25, -0.2) is 0 Å². The van der Waals surface area contributed by atoms with Gasteiger partial charge in [0.1, 0.15) is 0 Å². The molecule has 3 heteroatoms. The zero-order valence-corrected chi connectivity index (χ0v) is 12.3. The normalized spacial score (nSPS) is 23.6. The smallest absolute Gasteiger partial charge is 0.0594 e. The van der Waals surface area contributed by atoms with E-state index in [9.17, 15) is 0 Å². The van der Waals surface area contributed by atoms with Gasteiger partial charge in [-0.1, -0.05) is 27.7 Å². The van der Waals surface area contributed by atoms with Crippen LogP contribution in [0, 0.1) is 5.92 Å². The van der Waals surface area contributed by atoms with Crippen molar-refractivity contribution in [3.8, 4) is 0 Å². The molecule has 1 rings (SSSR count). The van der Waals surface area contributed by atoms with E-state index in [4.69, 9.17) is 4.74 Å². The number of nitrogens with zero attached hydrogens (tertiary/aromatic N) is 1. The van der Waals surface area contributed by atoms with Crippen molar-refractivity contribution in [2.45, 2.75) is 52.6 Å². The SMILES string of the molecule is CCNC(C(C)C)C(C)(CC)N1CCOCC1. The molecule has 0 aromatic heterocycles. The highest BCUT2D eigenvalue weighted by atomic mass is 16.5. The summed E-state index contributed by atoms with van der Waals surface area (Å²) in [5.74, 6) is 0.655. The monoisotopic (exact) mass is 242 g/mol. The molecule has 102 valence electrons. The summed E-state index contributed by atoms with van der Waals surface area (Å²) in [6, 6.07) is 0.551. The molecule has 0 bridgehead atoms. The maximum absolute atomic E-state index is 5.48. The third kappa shape index (κ3) is 3.43. The molecule has 0 spiro atoms. The fourth-order valence-corrected chi connectivity index (χ4v) is 3.11. The molecule has 0 radical (unpaired) electrons. The van der Waals surface area contributed by atoms with E-state index in [0.29, 0.717) is 12.0 Å². The van der Waals surface area contributed by atoms with Crippen LogP contribution in [-0.2, 0) is 4.74 Å². The van der Waals surface area contributed by atoms with E-state index in [0.717, 1.165) is 32.8 Å². The number of morpholine rings is 1. The number of hydrogen-bond acceptors (Lipinski definition) is 3. The highest BCUT2D eigenvalue weighted by molar-refractivity contribution is 4.98. The van der Waals surface area contributed by atoms with Crippen molar-refractivity contribution in [3.05, 3.63) is 0 Å². The molecule has 1 saturated heterocycles. The summed E-state index contributed by atoms with van der Waals surface area (Å²) < 4.78 is 5.48. The van der Waals surface area contributed by atoms with Crippen LogP contribution in [0.2, 0.25) is 0 Å². The van der Waals surface area contributed by atoms with Gasteiger partial charge in [-0.05, 0) is 25.8 Å². The van der Waals surface area contributed by atoms with Gasteiger partial charge in [-0.3, -0.25) is 4.90 Å². The van der Waals surface area contributed by atoms with Gasteiger partial charge in [-0.15, -0.1) is 0 Å². The Kier molecular flexibility index (Phi) is 5.90. The maximum Gasteiger partial charge on any atom is 0.0594 e. The number of rotatable bonds is 6. The fraction of sp³-hybridized carbons (Fsp3) is 1.00. The Balaban J connectivity index is 2.81. The zero-order chi connectivity index (χ0) is 12.9. The van der Waals surface area contributed by atoms with E-state index in [2.05, 4.69) is 44.8 Å². The molecule has 1 aliphatic heterocycles. The molecule has 1 aliphatic rings. The van der Waals surface area contributed by atoms with Crippen molar-refractivity contribution >= 4 is 0 Å². The van der Waals surface area contributed by atoms with Gasteiger partial charge in [0, 0.05) is 24.7 Å². The Bertz CT molecular complexity index is 214. The van der Waals surface area contributed by atoms with Crippen molar-refractivity contribution in [1.29, 1.82) is 0 Å². The predicted molar refractivity (Wildman–Crippen MR) is 73.4 cm³/mol. The summed E-state index contributed by atoms with van der Waals surface area (Å²) in [5, 5.41) is 3.69. The van der Waals surface area contributed by atoms with Crippen molar-refractivity contribution in [2.75, 3.05) is 32.8 Å². The molecule has 0 aromatic carbocycles. The lowest BCUT2D eigenvalue weighted by molar-refractivity contribution is -0.0386. The Hall–Kier alpha value is -0.120. The second kappa shape index (κ2) is 6.72. The molecule has 1 heterocycles. The standard InChI is InChI=1S/C14H30N2O/c1-6-14(5,13(12(3)4)15-7-2)16-8-10-17-11-9-16/h12-13,15H,6-11H2,1-5H3. The summed E-state index contributed by atoms with van der Waals surface area (Å²) in [5.41, 5.74) is 0.244. The average Bonchev–Trinajstić information content (AvgIpc) is 2.35. The van der Waals surface area contributed by atoms with Crippen LogP contribution in [-0.4, -0.2) is 49.3 Å². The van der Waals surface area contributed by atoms with Crippen LogP contribution in [0.5, 0.6) is 0 Å². The number of hydrogen-bond donors (Lipinski definition) is 1. The van der Waals surface area contributed by atoms with Crippen LogP contribution in [0.3, 0.4) is 0 Å². The molecule has 17 heavy (non-hydrogen) atoms. The summed E-state index contributed by atoms with van der Waals surface area (Å²) in [6.07, 6.45) is 1.18. The molecular formula is C14H30N2O. The van der Waals surface area contributed by atoms with E-state index in [1.165, 1.54) is 6.42 Å². The minimum atomic E-state index is 0.244. The second-order valence-electron chi connectivity index (χ2n) is 5.59. The summed E-state index contributed by atoms with van der Waals surface area (Å²) in [4.78, 5) is 2.61. The molecule has 0 aromatic rings. The Morgan fingerprint density at radius 3 is 2.24 bits per heavy atom. The van der Waals surface area contributed by atoms with Crippen LogP contribution in [0.25, 0.3) is 0 Å². The third-order valence-electron chi connectivity index (χ3n) is 4.21. The van der Waals surface area contributed by atoms with E-state index >= 15 is 0 Å². The molecular weight excluding hydrogens is 212 g/mol. The lowest BCUT2D eigenvalue weighted by Gasteiger charge is -2.49. The zero-order valence-electron chi connectivity index (χ0n) is 12.3. The van der Waals surface area contributed by atoms with Crippen molar-refractivity contribution in [3.63, 3.8) is 0 Å². The van der Waals surface area contributed by atoms with Gasteiger partial charge in [0.25, 0.3) is 0 Å². The first-order valence-corrected chi connectivity index (χ1v) is 7.12. The van der Waals surface area contributed by atoms with Crippen molar-refractivity contribution < 1.29 is 4.74 Å². The Labute approximate surface area is 107 Å². The first-order valence-electron chi connectivity index (χ1n) is 7.12. The predicted octanol–water partition coefficient (Wildman–Crippen LogP) is 2.12. The molecule has 2 unspecified atom stereocenters. The minimum absolute atomic E-state index is 0.244. The first kappa shape index (κ1) is 14.9. The minimum Gasteiger partial charge on any atom is -0.379 e. The van der Waals surface area contributed by atoms with Crippen LogP contribution in [0.4, 0.5) is 0 Å². The molecule has 0 amide bonds. The van der Waals surface area contributed by atoms with E-state index in [-0.39, 0.29) is 5.54 Å². The van der Waals surface area contributed by atoms with E-state index in [1.807, 2.05) is 0 Å². The van der Waals surface area contributed by atoms with Crippen LogP contribution >= 0.6 is 0 Å². The molecule has 3 nitrogen and oxygen atoms in total. The maximum atomic E-state index is 5.48. The van der Waals surface area contributed by atoms with Gasteiger partial charge in [0.05, 0.1) is 13.2 Å². The third-order valence-corrected chi connectivity index (χ3v) is 4.21. The Morgan fingerprint density at radius 1 is 1.24 bits per heavy atom. The molecule has 2 atom stereocenters. The lowest BCUT2D eigenvalue weighted by Crippen LogP contribution is -2.63. The number of likely N-dealkylation sites (N-methyl/N-ethyl adjacent to an activating group) is 1. The fourth-order valence-electron chi connectivity index (χ4n) is 3.11. The number of ether oxygens (including phenoxy) is 1. The van der Waals surface area contributed by atoms with Gasteiger partial charge < -0.3 is 10.1 Å². The van der Waals surface area contributed by atoms with Gasteiger partial charge in [0.2, 0.25) is 0 Å². The largest absolute Gasteiger partial charge is 0.379 e. The van der Waals surface area contributed by atoms with Crippen LogP contribution < -0.4 is 5.32 Å². The quantitative estimate of drug-likeness (QED) is 0.772. The lowest BCUT2D eigenvalue weighted by atomic mass is 9.80. The Morgan fingerprint density at radius 2 is 1.82 bits per heavy atom.